The zero-order chi connectivity index (χ0) is 12.8. The quantitative estimate of drug-likeness (QED) is 0.510. The van der Waals surface area contributed by atoms with E-state index in [0.29, 0.717) is 0 Å². The number of thiophene rings is 1. The van der Waals surface area contributed by atoms with Crippen molar-refractivity contribution < 1.29 is 0 Å². The maximum Gasteiger partial charge on any atom is 0.139 e. The molecule has 4 aromatic rings. The summed E-state index contributed by atoms with van der Waals surface area (Å²) in [5, 5.41) is 3.42. The molecule has 0 radical (unpaired) electrons. The molecule has 0 aliphatic rings. The Hall–Kier alpha value is -1.65. The van der Waals surface area contributed by atoms with Crippen molar-refractivity contribution in [2.24, 2.45) is 0 Å². The number of fused-ring (bicyclic) bond motifs is 2. The molecule has 0 spiro atoms. The van der Waals surface area contributed by atoms with Crippen LogP contribution >= 0.6 is 27.3 Å². The van der Waals surface area contributed by atoms with Gasteiger partial charge in [0.05, 0.1) is 11.0 Å². The first-order valence-corrected chi connectivity index (χ1v) is 7.60. The van der Waals surface area contributed by atoms with Crippen LogP contribution in [0.15, 0.2) is 52.3 Å². The molecule has 0 unspecified atom stereocenters. The number of aromatic amines is 1. The zero-order valence-corrected chi connectivity index (χ0v) is 12.3. The third-order valence-corrected chi connectivity index (χ3v) is 4.64. The van der Waals surface area contributed by atoms with E-state index in [0.717, 1.165) is 21.3 Å². The van der Waals surface area contributed by atoms with Crippen LogP contribution in [0, 0.1) is 0 Å². The molecule has 2 aromatic carbocycles. The summed E-state index contributed by atoms with van der Waals surface area (Å²) in [5.74, 6) is 0.936. The van der Waals surface area contributed by atoms with Gasteiger partial charge in [-0.25, -0.2) is 4.98 Å². The van der Waals surface area contributed by atoms with Crippen molar-refractivity contribution in [2.75, 3.05) is 0 Å². The zero-order valence-electron chi connectivity index (χ0n) is 9.85. The number of H-pyrrole nitrogens is 1. The van der Waals surface area contributed by atoms with E-state index in [4.69, 9.17) is 0 Å². The number of hydrogen-bond acceptors (Lipinski definition) is 2. The smallest absolute Gasteiger partial charge is 0.139 e. The summed E-state index contributed by atoms with van der Waals surface area (Å²) >= 11 is 5.24. The molecule has 0 fully saturated rings. The van der Waals surface area contributed by atoms with Crippen molar-refractivity contribution in [2.45, 2.75) is 0 Å². The van der Waals surface area contributed by atoms with Crippen LogP contribution in [-0.4, -0.2) is 9.97 Å². The number of hydrogen-bond donors (Lipinski definition) is 1. The van der Waals surface area contributed by atoms with Gasteiger partial charge in [-0.1, -0.05) is 34.1 Å². The van der Waals surface area contributed by atoms with Crippen molar-refractivity contribution in [1.82, 2.24) is 9.97 Å². The third-order valence-electron chi connectivity index (χ3n) is 3.18. The molecule has 0 saturated carbocycles. The molecule has 0 amide bonds. The largest absolute Gasteiger partial charge is 0.338 e. The highest BCUT2D eigenvalue weighted by Crippen LogP contribution is 2.33. The molecule has 4 heteroatoms. The van der Waals surface area contributed by atoms with Gasteiger partial charge in [-0.2, -0.15) is 0 Å². The second-order valence-electron chi connectivity index (χ2n) is 4.39. The maximum atomic E-state index is 4.68. The van der Waals surface area contributed by atoms with Crippen LogP contribution in [-0.2, 0) is 0 Å². The molecule has 0 aliphatic carbocycles. The van der Waals surface area contributed by atoms with Gasteiger partial charge in [-0.15, -0.1) is 11.3 Å². The molecule has 0 saturated heterocycles. The standard InChI is InChI=1S/C15H9BrN2S/c16-9-5-6-12-13(7-9)18-15(17-12)11-8-19-14-4-2-1-3-10(11)14/h1-8H,(H,17,18). The first-order valence-electron chi connectivity index (χ1n) is 5.93. The molecular formula is C15H9BrN2S. The molecule has 0 atom stereocenters. The van der Waals surface area contributed by atoms with Crippen LogP contribution < -0.4 is 0 Å². The number of imidazole rings is 1. The summed E-state index contributed by atoms with van der Waals surface area (Å²) in [6, 6.07) is 14.5. The van der Waals surface area contributed by atoms with Gasteiger partial charge in [0.1, 0.15) is 5.82 Å². The Labute approximate surface area is 122 Å². The Morgan fingerprint density at radius 1 is 1.11 bits per heavy atom. The van der Waals surface area contributed by atoms with Crippen LogP contribution in [0.25, 0.3) is 32.5 Å². The molecular weight excluding hydrogens is 320 g/mol. The van der Waals surface area contributed by atoms with Gasteiger partial charge in [0.2, 0.25) is 0 Å². The third kappa shape index (κ3) is 1.79. The van der Waals surface area contributed by atoms with Gasteiger partial charge >= 0.3 is 0 Å². The normalized spacial score (nSPS) is 11.4. The van der Waals surface area contributed by atoms with E-state index in [9.17, 15) is 0 Å². The van der Waals surface area contributed by atoms with Crippen LogP contribution in [0.1, 0.15) is 0 Å². The van der Waals surface area contributed by atoms with Gasteiger partial charge in [0.15, 0.2) is 0 Å². The van der Waals surface area contributed by atoms with E-state index in [-0.39, 0.29) is 0 Å². The number of aromatic nitrogens is 2. The topological polar surface area (TPSA) is 28.7 Å². The SMILES string of the molecule is Brc1ccc2nc(-c3csc4ccccc34)[nH]c2c1. The highest BCUT2D eigenvalue weighted by molar-refractivity contribution is 9.10. The summed E-state index contributed by atoms with van der Waals surface area (Å²) in [7, 11) is 0. The summed E-state index contributed by atoms with van der Waals surface area (Å²) in [5.41, 5.74) is 3.22. The number of nitrogens with one attached hydrogen (secondary N) is 1. The van der Waals surface area contributed by atoms with Gasteiger partial charge in [0.25, 0.3) is 0 Å². The molecule has 92 valence electrons. The minimum atomic E-state index is 0.936. The van der Waals surface area contributed by atoms with E-state index in [1.165, 1.54) is 15.6 Å². The van der Waals surface area contributed by atoms with Crippen molar-refractivity contribution in [3.05, 3.63) is 52.3 Å². The highest BCUT2D eigenvalue weighted by Gasteiger charge is 2.10. The number of halogens is 1. The minimum Gasteiger partial charge on any atom is -0.338 e. The number of benzene rings is 2. The lowest BCUT2D eigenvalue weighted by atomic mass is 10.2. The molecule has 1 N–H and O–H groups in total. The lowest BCUT2D eigenvalue weighted by Gasteiger charge is -1.93. The van der Waals surface area contributed by atoms with Crippen LogP contribution in [0.2, 0.25) is 0 Å². The fourth-order valence-electron chi connectivity index (χ4n) is 2.27. The lowest BCUT2D eigenvalue weighted by molar-refractivity contribution is 1.35. The molecule has 19 heavy (non-hydrogen) atoms. The van der Waals surface area contributed by atoms with Gasteiger partial charge in [-0.05, 0) is 24.3 Å². The van der Waals surface area contributed by atoms with Crippen LogP contribution in [0.5, 0.6) is 0 Å². The molecule has 2 heterocycles. The summed E-state index contributed by atoms with van der Waals surface area (Å²) in [6.45, 7) is 0. The van der Waals surface area contributed by atoms with Crippen molar-refractivity contribution in [3.8, 4) is 11.4 Å². The fraction of sp³-hybridized carbons (Fsp3) is 0. The Morgan fingerprint density at radius 2 is 2.00 bits per heavy atom. The Balaban J connectivity index is 1.99. The van der Waals surface area contributed by atoms with E-state index in [1.54, 1.807) is 11.3 Å². The minimum absolute atomic E-state index is 0.936. The maximum absolute atomic E-state index is 4.68. The average Bonchev–Trinajstić information content (AvgIpc) is 3.00. The van der Waals surface area contributed by atoms with Crippen molar-refractivity contribution >= 4 is 48.4 Å². The molecule has 2 aromatic heterocycles. The van der Waals surface area contributed by atoms with Crippen LogP contribution in [0.4, 0.5) is 0 Å². The second-order valence-corrected chi connectivity index (χ2v) is 6.22. The Morgan fingerprint density at radius 3 is 2.95 bits per heavy atom. The van der Waals surface area contributed by atoms with Gasteiger partial charge < -0.3 is 4.98 Å². The highest BCUT2D eigenvalue weighted by atomic mass is 79.9. The molecule has 2 nitrogen and oxygen atoms in total. The predicted molar refractivity (Wildman–Crippen MR) is 84.6 cm³/mol. The van der Waals surface area contributed by atoms with Crippen molar-refractivity contribution in [3.63, 3.8) is 0 Å². The summed E-state index contributed by atoms with van der Waals surface area (Å²) in [6.07, 6.45) is 0. The monoisotopic (exact) mass is 328 g/mol. The number of rotatable bonds is 1. The van der Waals surface area contributed by atoms with Crippen LogP contribution in [0.3, 0.4) is 0 Å². The first-order chi connectivity index (χ1) is 9.31. The van der Waals surface area contributed by atoms with E-state index >= 15 is 0 Å². The van der Waals surface area contributed by atoms with E-state index in [1.807, 2.05) is 12.1 Å². The first kappa shape index (κ1) is 11.2. The van der Waals surface area contributed by atoms with Gasteiger partial charge in [-0.3, -0.25) is 0 Å². The Bertz CT molecular complexity index is 891. The summed E-state index contributed by atoms with van der Waals surface area (Å²) in [4.78, 5) is 8.07. The lowest BCUT2D eigenvalue weighted by Crippen LogP contribution is -1.77. The van der Waals surface area contributed by atoms with E-state index in [2.05, 4.69) is 61.6 Å². The molecule has 0 aliphatic heterocycles. The second kappa shape index (κ2) is 4.18. The number of nitrogens with zero attached hydrogens (tertiary/aromatic N) is 1. The molecule has 0 bridgehead atoms. The summed E-state index contributed by atoms with van der Waals surface area (Å²) < 4.78 is 2.35. The molecule has 4 rings (SSSR count). The van der Waals surface area contributed by atoms with Crippen molar-refractivity contribution in [1.29, 1.82) is 0 Å². The fourth-order valence-corrected chi connectivity index (χ4v) is 3.58. The van der Waals surface area contributed by atoms with E-state index < -0.39 is 0 Å². The Kier molecular flexibility index (Phi) is 2.47. The van der Waals surface area contributed by atoms with Gasteiger partial charge in [0, 0.05) is 25.5 Å². The predicted octanol–water partition coefficient (Wildman–Crippen LogP) is 5.21. The average molecular weight is 329 g/mol.